The molecule has 0 bridgehead atoms. The van der Waals surface area contributed by atoms with Crippen LogP contribution in [0.1, 0.15) is 208 Å². The first-order valence-electron chi connectivity index (χ1n) is 20.9. The molecule has 3 unspecified atom stereocenters. The van der Waals surface area contributed by atoms with E-state index < -0.39 is 0 Å². The van der Waals surface area contributed by atoms with E-state index in [-0.39, 0.29) is 11.7 Å². The predicted octanol–water partition coefficient (Wildman–Crippen LogP) is 17.2. The predicted molar refractivity (Wildman–Crippen MR) is 233 cm³/mol. The summed E-state index contributed by atoms with van der Waals surface area (Å²) in [6.45, 7) is 43.8. The second kappa shape index (κ2) is 32.1. The van der Waals surface area contributed by atoms with E-state index in [9.17, 15) is 0 Å². The van der Waals surface area contributed by atoms with Crippen LogP contribution in [-0.4, -0.2) is 11.7 Å². The van der Waals surface area contributed by atoms with Crippen LogP contribution < -0.4 is 0 Å². The van der Waals surface area contributed by atoms with Crippen molar-refractivity contribution in [1.29, 1.82) is 0 Å². The van der Waals surface area contributed by atoms with Crippen LogP contribution in [0.15, 0.2) is 70.4 Å². The fraction of sp³-hybridized carbons (Fsp3) is 0.755. The minimum absolute atomic E-state index is 0.0960. The Bertz CT molecular complexity index is 976. The first-order chi connectivity index (χ1) is 23.3. The van der Waals surface area contributed by atoms with E-state index >= 15 is 0 Å². The third kappa shape index (κ3) is 36.2. The van der Waals surface area contributed by atoms with Gasteiger partial charge >= 0.3 is 0 Å². The van der Waals surface area contributed by atoms with Crippen LogP contribution in [0.4, 0.5) is 0 Å². The minimum Gasteiger partial charge on any atom is -0.373 e. The highest BCUT2D eigenvalue weighted by molar-refractivity contribution is 5.14. The van der Waals surface area contributed by atoms with Gasteiger partial charge in [0.15, 0.2) is 0 Å². The zero-order chi connectivity index (χ0) is 39.3. The summed E-state index contributed by atoms with van der Waals surface area (Å²) in [5.74, 6) is 2.90. The summed E-state index contributed by atoms with van der Waals surface area (Å²) in [6, 6.07) is 0. The van der Waals surface area contributed by atoms with E-state index in [1.807, 2.05) is 13.8 Å². The first kappa shape index (κ1) is 52.8. The molecule has 0 aliphatic heterocycles. The van der Waals surface area contributed by atoms with Crippen molar-refractivity contribution >= 4 is 0 Å². The van der Waals surface area contributed by atoms with Gasteiger partial charge in [0.25, 0.3) is 0 Å². The van der Waals surface area contributed by atoms with Crippen molar-refractivity contribution in [2.75, 3.05) is 0 Å². The van der Waals surface area contributed by atoms with Gasteiger partial charge in [-0.3, -0.25) is 0 Å². The maximum absolute atomic E-state index is 6.48. The van der Waals surface area contributed by atoms with Crippen LogP contribution in [-0.2, 0) is 4.74 Å². The van der Waals surface area contributed by atoms with Gasteiger partial charge in [0.2, 0.25) is 0 Å². The van der Waals surface area contributed by atoms with Crippen molar-refractivity contribution in [3.05, 3.63) is 70.4 Å². The molecule has 3 atom stereocenters. The molecule has 294 valence electrons. The largest absolute Gasteiger partial charge is 0.373 e. The van der Waals surface area contributed by atoms with Gasteiger partial charge in [0.05, 0.1) is 11.7 Å². The highest BCUT2D eigenvalue weighted by atomic mass is 16.5. The molecule has 1 aliphatic rings. The van der Waals surface area contributed by atoms with Crippen molar-refractivity contribution in [3.63, 3.8) is 0 Å². The van der Waals surface area contributed by atoms with Gasteiger partial charge in [-0.25, -0.2) is 0 Å². The molecule has 0 amide bonds. The molecule has 1 aliphatic carbocycles. The number of hydrogen-bond acceptors (Lipinski definition) is 1. The lowest BCUT2D eigenvalue weighted by atomic mass is 9.74. The molecule has 0 aromatic heterocycles. The molecule has 0 fully saturated rings. The molecule has 1 heteroatoms. The second-order valence-corrected chi connectivity index (χ2v) is 17.3. The zero-order valence-electron chi connectivity index (χ0n) is 37.6. The average Bonchev–Trinajstić information content (AvgIpc) is 3.00. The molecule has 0 radical (unpaired) electrons. The Balaban J connectivity index is -0.00000175. The van der Waals surface area contributed by atoms with Gasteiger partial charge in [-0.2, -0.15) is 0 Å². The number of ether oxygens (including phenoxy) is 1. The highest BCUT2D eigenvalue weighted by Crippen LogP contribution is 2.38. The Labute approximate surface area is 317 Å². The Hall–Kier alpha value is -1.60. The summed E-state index contributed by atoms with van der Waals surface area (Å²) in [5, 5.41) is 0. The van der Waals surface area contributed by atoms with Crippen LogP contribution in [0, 0.1) is 23.7 Å². The van der Waals surface area contributed by atoms with Gasteiger partial charge in [-0.05, 0) is 170 Å². The Kier molecular flexibility index (Phi) is 33.9. The molecule has 0 spiro atoms. The van der Waals surface area contributed by atoms with Crippen LogP contribution in [0.25, 0.3) is 0 Å². The summed E-state index contributed by atoms with van der Waals surface area (Å²) in [6.07, 6.45) is 27.9. The topological polar surface area (TPSA) is 9.23 Å². The minimum atomic E-state index is -0.0960. The average molecular weight is 697 g/mol. The smallest absolute Gasteiger partial charge is 0.0602 e. The van der Waals surface area contributed by atoms with Gasteiger partial charge in [0, 0.05) is 0 Å². The number of hydrogen-bond donors (Lipinski definition) is 0. The Morgan fingerprint density at radius 1 is 0.760 bits per heavy atom. The molecule has 1 rings (SSSR count). The standard InChI is InChI=1S/C38H64O.C5H12.C4H10.C2H6/c1-29(2)16-12-18-31(5)20-14-21-33(7)24-26-36-28-35(23-15-22-32(6)19-13-17-30(3)4)25-27-37(36)34(8)39-38(9,10)11;1-4-5(2)3;1-4(2)3;1-2/h16-17,20,22,28,34,36-37H,7,12-15,18-19,21,23-27H2,1-6,8-11H3;5H,4H2,1-3H3;4H,1-3H3;1-2H3/b31-20+,32-22+;;;. The second-order valence-electron chi connectivity index (χ2n) is 17.3. The fourth-order valence-corrected chi connectivity index (χ4v) is 5.71. The first-order valence-corrected chi connectivity index (χ1v) is 20.9. The highest BCUT2D eigenvalue weighted by Gasteiger charge is 2.31. The molecule has 1 nitrogen and oxygen atoms in total. The monoisotopic (exact) mass is 697 g/mol. The quantitative estimate of drug-likeness (QED) is 0.130. The lowest BCUT2D eigenvalue weighted by Crippen LogP contribution is -2.35. The third-order valence-electron chi connectivity index (χ3n) is 8.72. The molecule has 0 N–H and O–H groups in total. The fourth-order valence-electron chi connectivity index (χ4n) is 5.71. The van der Waals surface area contributed by atoms with Crippen molar-refractivity contribution in [2.24, 2.45) is 23.7 Å². The zero-order valence-corrected chi connectivity index (χ0v) is 37.6. The van der Waals surface area contributed by atoms with Gasteiger partial charge < -0.3 is 4.74 Å². The SMILES string of the molecule is C=C(CC/C=C(\C)CCC=C(C)C)CCC1C=C(CC/C=C(\C)CCC=C(C)C)CCC1C(C)OC(C)(C)C.CC.CC(C)C.CCC(C)C. The van der Waals surface area contributed by atoms with Gasteiger partial charge in [-0.1, -0.05) is 132 Å². The van der Waals surface area contributed by atoms with Crippen LogP contribution in [0.3, 0.4) is 0 Å². The van der Waals surface area contributed by atoms with Gasteiger partial charge in [-0.15, -0.1) is 0 Å². The molecule has 0 saturated carbocycles. The van der Waals surface area contributed by atoms with Crippen LogP contribution >= 0.6 is 0 Å². The Morgan fingerprint density at radius 2 is 1.20 bits per heavy atom. The summed E-state index contributed by atoms with van der Waals surface area (Å²) < 4.78 is 6.48. The molecular formula is C49H92O. The Morgan fingerprint density at radius 3 is 1.62 bits per heavy atom. The van der Waals surface area contributed by atoms with Crippen LogP contribution in [0.5, 0.6) is 0 Å². The van der Waals surface area contributed by atoms with E-state index in [2.05, 4.69) is 148 Å². The van der Waals surface area contributed by atoms with Crippen LogP contribution in [0.2, 0.25) is 0 Å². The molecule has 0 aromatic carbocycles. The maximum Gasteiger partial charge on any atom is 0.0602 e. The van der Waals surface area contributed by atoms with E-state index in [4.69, 9.17) is 4.74 Å². The van der Waals surface area contributed by atoms with Crippen molar-refractivity contribution in [3.8, 4) is 0 Å². The molecule has 0 saturated heterocycles. The van der Waals surface area contributed by atoms with Crippen molar-refractivity contribution in [2.45, 2.75) is 220 Å². The summed E-state index contributed by atoms with van der Waals surface area (Å²) in [7, 11) is 0. The number of allylic oxidation sites excluding steroid dienone is 11. The summed E-state index contributed by atoms with van der Waals surface area (Å²) in [5.41, 5.74) is 8.84. The van der Waals surface area contributed by atoms with Crippen molar-refractivity contribution < 1.29 is 4.74 Å². The lowest BCUT2D eigenvalue weighted by molar-refractivity contribution is -0.0862. The third-order valence-corrected chi connectivity index (χ3v) is 8.72. The molecule has 0 aromatic rings. The van der Waals surface area contributed by atoms with E-state index in [1.165, 1.54) is 79.2 Å². The summed E-state index contributed by atoms with van der Waals surface area (Å²) in [4.78, 5) is 0. The maximum atomic E-state index is 6.48. The van der Waals surface area contributed by atoms with Gasteiger partial charge in [0.1, 0.15) is 0 Å². The normalized spacial score (nSPS) is 16.9. The van der Waals surface area contributed by atoms with E-state index in [0.717, 1.165) is 43.9 Å². The molecular weight excluding hydrogens is 605 g/mol. The lowest BCUT2D eigenvalue weighted by Gasteiger charge is -2.38. The van der Waals surface area contributed by atoms with E-state index in [1.54, 1.807) is 5.57 Å². The molecule has 0 heterocycles. The summed E-state index contributed by atoms with van der Waals surface area (Å²) >= 11 is 0. The van der Waals surface area contributed by atoms with E-state index in [0.29, 0.717) is 11.8 Å². The number of rotatable bonds is 18. The molecule has 50 heavy (non-hydrogen) atoms. The van der Waals surface area contributed by atoms with Crippen molar-refractivity contribution in [1.82, 2.24) is 0 Å².